The molecule has 8 heteroatoms. The molecule has 0 saturated carbocycles. The van der Waals surface area contributed by atoms with E-state index in [2.05, 4.69) is 10.3 Å². The molecule has 0 bridgehead atoms. The molecule has 1 aromatic heterocycles. The average molecular weight is 358 g/mol. The Labute approximate surface area is 151 Å². The molecule has 2 aromatic rings. The fourth-order valence-corrected chi connectivity index (χ4v) is 2.97. The quantitative estimate of drug-likeness (QED) is 0.860. The highest BCUT2D eigenvalue weighted by Crippen LogP contribution is 2.15. The van der Waals surface area contributed by atoms with E-state index in [4.69, 9.17) is 9.84 Å². The van der Waals surface area contributed by atoms with E-state index >= 15 is 0 Å². The van der Waals surface area contributed by atoms with Crippen LogP contribution in [0.1, 0.15) is 23.4 Å². The van der Waals surface area contributed by atoms with Gasteiger partial charge in [-0.2, -0.15) is 0 Å². The Kier molecular flexibility index (Phi) is 5.32. The lowest BCUT2D eigenvalue weighted by Crippen LogP contribution is -2.46. The number of hydrogen-bond acceptors (Lipinski definition) is 5. The zero-order valence-electron chi connectivity index (χ0n) is 14.9. The minimum Gasteiger partial charge on any atom is -0.481 e. The third kappa shape index (κ3) is 4.08. The number of morpholine rings is 1. The Bertz CT molecular complexity index is 800. The molecule has 2 heterocycles. The SMILES string of the molecule is Cc1ccc(-n2nnc(CC(=O)N3CCO[C@@H](CC(=O)O)C3)c2C)cc1. The Morgan fingerprint density at radius 2 is 2.00 bits per heavy atom. The highest BCUT2D eigenvalue weighted by Gasteiger charge is 2.27. The number of hydrogen-bond donors (Lipinski definition) is 1. The number of carboxylic acids is 1. The summed E-state index contributed by atoms with van der Waals surface area (Å²) < 4.78 is 7.12. The van der Waals surface area contributed by atoms with Crippen LogP contribution in [0.3, 0.4) is 0 Å². The van der Waals surface area contributed by atoms with E-state index in [1.54, 1.807) is 9.58 Å². The Balaban J connectivity index is 1.68. The number of nitrogens with zero attached hydrogens (tertiary/aromatic N) is 4. The van der Waals surface area contributed by atoms with Gasteiger partial charge < -0.3 is 14.7 Å². The van der Waals surface area contributed by atoms with Gasteiger partial charge in [-0.3, -0.25) is 9.59 Å². The number of aliphatic carboxylic acids is 1. The second kappa shape index (κ2) is 7.65. The van der Waals surface area contributed by atoms with E-state index < -0.39 is 12.1 Å². The van der Waals surface area contributed by atoms with Crippen molar-refractivity contribution in [1.29, 1.82) is 0 Å². The van der Waals surface area contributed by atoms with Crippen molar-refractivity contribution in [2.45, 2.75) is 32.8 Å². The zero-order valence-corrected chi connectivity index (χ0v) is 14.9. The minimum atomic E-state index is -0.929. The maximum absolute atomic E-state index is 12.6. The van der Waals surface area contributed by atoms with E-state index in [0.29, 0.717) is 18.8 Å². The predicted molar refractivity (Wildman–Crippen MR) is 93.1 cm³/mol. The molecule has 1 aliphatic rings. The number of aromatic nitrogens is 3. The molecule has 1 amide bonds. The minimum absolute atomic E-state index is 0.0947. The van der Waals surface area contributed by atoms with Gasteiger partial charge in [-0.25, -0.2) is 4.68 Å². The van der Waals surface area contributed by atoms with Crippen molar-refractivity contribution in [3.05, 3.63) is 41.2 Å². The molecule has 3 rings (SSSR count). The first-order chi connectivity index (χ1) is 12.4. The van der Waals surface area contributed by atoms with Crippen LogP contribution in [0.4, 0.5) is 0 Å². The van der Waals surface area contributed by atoms with E-state index in [-0.39, 0.29) is 25.3 Å². The van der Waals surface area contributed by atoms with Gasteiger partial charge in [-0.15, -0.1) is 5.10 Å². The maximum Gasteiger partial charge on any atom is 0.306 e. The number of carbonyl (C=O) groups excluding carboxylic acids is 1. The molecule has 0 aliphatic carbocycles. The molecular weight excluding hydrogens is 336 g/mol. The summed E-state index contributed by atoms with van der Waals surface area (Å²) in [5.74, 6) is -1.02. The number of benzene rings is 1. The second-order valence-corrected chi connectivity index (χ2v) is 6.48. The number of aryl methyl sites for hydroxylation is 1. The summed E-state index contributed by atoms with van der Waals surface area (Å²) in [6.45, 7) is 4.99. The highest BCUT2D eigenvalue weighted by molar-refractivity contribution is 5.79. The van der Waals surface area contributed by atoms with Crippen molar-refractivity contribution in [3.63, 3.8) is 0 Å². The Hall–Kier alpha value is -2.74. The summed E-state index contributed by atoms with van der Waals surface area (Å²) in [6.07, 6.45) is -0.432. The molecule has 26 heavy (non-hydrogen) atoms. The van der Waals surface area contributed by atoms with Crippen molar-refractivity contribution in [1.82, 2.24) is 19.9 Å². The summed E-state index contributed by atoms with van der Waals surface area (Å²) >= 11 is 0. The van der Waals surface area contributed by atoms with Crippen LogP contribution in [0.5, 0.6) is 0 Å². The molecule has 1 fully saturated rings. The third-order valence-electron chi connectivity index (χ3n) is 4.48. The lowest BCUT2D eigenvalue weighted by molar-refractivity contribution is -0.147. The molecule has 1 aliphatic heterocycles. The van der Waals surface area contributed by atoms with Gasteiger partial charge in [-0.1, -0.05) is 22.9 Å². The standard InChI is InChI=1S/C18H22N4O4/c1-12-3-5-14(6-4-12)22-13(2)16(19-20-22)10-17(23)21-7-8-26-15(11-21)9-18(24)25/h3-6,15H,7-11H2,1-2H3,(H,24,25)/t15-/m0/s1. The summed E-state index contributed by atoms with van der Waals surface area (Å²) in [6, 6.07) is 7.91. The van der Waals surface area contributed by atoms with Gasteiger partial charge in [0.1, 0.15) is 0 Å². The van der Waals surface area contributed by atoms with E-state index in [0.717, 1.165) is 16.9 Å². The molecule has 1 saturated heterocycles. The van der Waals surface area contributed by atoms with Crippen molar-refractivity contribution in [2.24, 2.45) is 0 Å². The molecule has 0 radical (unpaired) electrons. The number of rotatable bonds is 5. The second-order valence-electron chi connectivity index (χ2n) is 6.48. The van der Waals surface area contributed by atoms with Gasteiger partial charge in [0.2, 0.25) is 5.91 Å². The first-order valence-corrected chi connectivity index (χ1v) is 8.53. The summed E-state index contributed by atoms with van der Waals surface area (Å²) in [4.78, 5) is 25.1. The van der Waals surface area contributed by atoms with Crippen molar-refractivity contribution < 1.29 is 19.4 Å². The van der Waals surface area contributed by atoms with Crippen LogP contribution in [-0.2, 0) is 20.7 Å². The van der Waals surface area contributed by atoms with Crippen LogP contribution in [-0.4, -0.2) is 62.7 Å². The highest BCUT2D eigenvalue weighted by atomic mass is 16.5. The van der Waals surface area contributed by atoms with Crippen molar-refractivity contribution in [2.75, 3.05) is 19.7 Å². The lowest BCUT2D eigenvalue weighted by atomic mass is 10.1. The molecule has 0 unspecified atom stereocenters. The van der Waals surface area contributed by atoms with Crippen LogP contribution < -0.4 is 0 Å². The lowest BCUT2D eigenvalue weighted by Gasteiger charge is -2.32. The fourth-order valence-electron chi connectivity index (χ4n) is 2.97. The topological polar surface area (TPSA) is 97.5 Å². The largest absolute Gasteiger partial charge is 0.481 e. The molecule has 1 N–H and O–H groups in total. The van der Waals surface area contributed by atoms with Crippen LogP contribution in [0.25, 0.3) is 5.69 Å². The first-order valence-electron chi connectivity index (χ1n) is 8.53. The number of carbonyl (C=O) groups is 2. The number of ether oxygens (including phenoxy) is 1. The Morgan fingerprint density at radius 1 is 1.27 bits per heavy atom. The zero-order chi connectivity index (χ0) is 18.7. The van der Waals surface area contributed by atoms with Crippen molar-refractivity contribution >= 4 is 11.9 Å². The van der Waals surface area contributed by atoms with Gasteiger partial charge >= 0.3 is 5.97 Å². The summed E-state index contributed by atoms with van der Waals surface area (Å²) in [7, 11) is 0. The average Bonchev–Trinajstić information content (AvgIpc) is 2.96. The van der Waals surface area contributed by atoms with E-state index in [1.165, 1.54) is 0 Å². The normalized spacial score (nSPS) is 17.3. The summed E-state index contributed by atoms with van der Waals surface area (Å²) in [5, 5.41) is 17.2. The van der Waals surface area contributed by atoms with Gasteiger partial charge in [0, 0.05) is 13.1 Å². The third-order valence-corrected chi connectivity index (χ3v) is 4.48. The van der Waals surface area contributed by atoms with Crippen LogP contribution in [0.2, 0.25) is 0 Å². The van der Waals surface area contributed by atoms with Gasteiger partial charge in [-0.05, 0) is 26.0 Å². The molecule has 138 valence electrons. The monoisotopic (exact) mass is 358 g/mol. The van der Waals surface area contributed by atoms with Gasteiger partial charge in [0.05, 0.1) is 42.6 Å². The van der Waals surface area contributed by atoms with Crippen molar-refractivity contribution in [3.8, 4) is 5.69 Å². The molecule has 8 nitrogen and oxygen atoms in total. The molecular formula is C18H22N4O4. The Morgan fingerprint density at radius 3 is 2.69 bits per heavy atom. The molecule has 0 spiro atoms. The fraction of sp³-hybridized carbons (Fsp3) is 0.444. The number of carboxylic acid groups (broad SMARTS) is 1. The van der Waals surface area contributed by atoms with E-state index in [1.807, 2.05) is 38.1 Å². The van der Waals surface area contributed by atoms with Crippen LogP contribution >= 0.6 is 0 Å². The van der Waals surface area contributed by atoms with E-state index in [9.17, 15) is 9.59 Å². The van der Waals surface area contributed by atoms with Gasteiger partial charge in [0.15, 0.2) is 0 Å². The predicted octanol–water partition coefficient (Wildman–Crippen LogP) is 1.13. The summed E-state index contributed by atoms with van der Waals surface area (Å²) in [5.41, 5.74) is 3.49. The smallest absolute Gasteiger partial charge is 0.306 e. The van der Waals surface area contributed by atoms with Crippen LogP contribution in [0.15, 0.2) is 24.3 Å². The number of amides is 1. The maximum atomic E-state index is 12.6. The van der Waals surface area contributed by atoms with Gasteiger partial charge in [0.25, 0.3) is 0 Å². The molecule has 1 aromatic carbocycles. The van der Waals surface area contributed by atoms with Crippen LogP contribution in [0, 0.1) is 13.8 Å². The molecule has 1 atom stereocenters. The first kappa shape index (κ1) is 18.1.